The molecule has 7 heteroatoms. The maximum atomic E-state index is 12.3. The first-order chi connectivity index (χ1) is 11.1. The number of aryl methyl sites for hydroxylation is 2. The van der Waals surface area contributed by atoms with Crippen LogP contribution in [0.1, 0.15) is 30.1 Å². The van der Waals surface area contributed by atoms with Crippen LogP contribution in [0.25, 0.3) is 0 Å². The standard InChI is InChI=1S/C16H18Cl2N4O/c1-21(10-14-20-19-13-6-3-9-22(13)14)15(23)8-7-11-4-2-5-12(17)16(11)18/h2,4-5H,3,6-10H2,1H3. The van der Waals surface area contributed by atoms with Gasteiger partial charge in [-0.1, -0.05) is 35.3 Å². The summed E-state index contributed by atoms with van der Waals surface area (Å²) in [6.07, 6.45) is 3.03. The molecule has 2 heterocycles. The maximum Gasteiger partial charge on any atom is 0.223 e. The fourth-order valence-electron chi connectivity index (χ4n) is 2.80. The SMILES string of the molecule is CN(Cc1nnc2n1CCC2)C(=O)CCc1cccc(Cl)c1Cl. The van der Waals surface area contributed by atoms with E-state index >= 15 is 0 Å². The Morgan fingerprint density at radius 1 is 1.35 bits per heavy atom. The second-order valence-electron chi connectivity index (χ2n) is 5.75. The fraction of sp³-hybridized carbons (Fsp3) is 0.438. The Morgan fingerprint density at radius 2 is 2.17 bits per heavy atom. The Kier molecular flexibility index (Phi) is 4.87. The van der Waals surface area contributed by atoms with E-state index in [4.69, 9.17) is 23.2 Å². The third-order valence-corrected chi connectivity index (χ3v) is 4.99. The maximum absolute atomic E-state index is 12.3. The lowest BCUT2D eigenvalue weighted by Gasteiger charge is -2.17. The molecule has 1 aromatic heterocycles. The van der Waals surface area contributed by atoms with Crippen LogP contribution in [-0.4, -0.2) is 32.6 Å². The number of hydrogen-bond donors (Lipinski definition) is 0. The minimum Gasteiger partial charge on any atom is -0.338 e. The molecule has 122 valence electrons. The summed E-state index contributed by atoms with van der Waals surface area (Å²) in [6.45, 7) is 1.42. The Labute approximate surface area is 145 Å². The summed E-state index contributed by atoms with van der Waals surface area (Å²) in [4.78, 5) is 14.0. The Morgan fingerprint density at radius 3 is 3.00 bits per heavy atom. The van der Waals surface area contributed by atoms with Gasteiger partial charge in [0.25, 0.3) is 0 Å². The van der Waals surface area contributed by atoms with E-state index in [0.717, 1.165) is 36.6 Å². The van der Waals surface area contributed by atoms with Gasteiger partial charge in [0.2, 0.25) is 5.91 Å². The first kappa shape index (κ1) is 16.3. The molecular weight excluding hydrogens is 335 g/mol. The van der Waals surface area contributed by atoms with Gasteiger partial charge in [0.05, 0.1) is 16.6 Å². The Balaban J connectivity index is 1.58. The summed E-state index contributed by atoms with van der Waals surface area (Å²) in [5.74, 6) is 1.93. The van der Waals surface area contributed by atoms with Gasteiger partial charge in [-0.3, -0.25) is 4.79 Å². The molecule has 0 aliphatic carbocycles. The van der Waals surface area contributed by atoms with Crippen LogP contribution in [0.15, 0.2) is 18.2 Å². The van der Waals surface area contributed by atoms with E-state index in [9.17, 15) is 4.79 Å². The molecule has 1 aliphatic rings. The normalized spacial score (nSPS) is 13.2. The minimum absolute atomic E-state index is 0.0522. The highest BCUT2D eigenvalue weighted by Gasteiger charge is 2.20. The quantitative estimate of drug-likeness (QED) is 0.830. The number of nitrogens with zero attached hydrogens (tertiary/aromatic N) is 4. The lowest BCUT2D eigenvalue weighted by atomic mass is 10.1. The van der Waals surface area contributed by atoms with Crippen LogP contribution in [-0.2, 0) is 30.7 Å². The number of rotatable bonds is 5. The summed E-state index contributed by atoms with van der Waals surface area (Å²) < 4.78 is 2.11. The molecule has 3 rings (SSSR count). The molecule has 0 N–H and O–H groups in total. The van der Waals surface area contributed by atoms with Crippen LogP contribution in [0.4, 0.5) is 0 Å². The van der Waals surface area contributed by atoms with E-state index in [2.05, 4.69) is 14.8 Å². The number of halogens is 2. The van der Waals surface area contributed by atoms with Gasteiger partial charge in [-0.25, -0.2) is 0 Å². The lowest BCUT2D eigenvalue weighted by Crippen LogP contribution is -2.28. The van der Waals surface area contributed by atoms with E-state index < -0.39 is 0 Å². The van der Waals surface area contributed by atoms with Gasteiger partial charge in [0, 0.05) is 26.4 Å². The zero-order valence-corrected chi connectivity index (χ0v) is 14.4. The molecular formula is C16H18Cl2N4O. The van der Waals surface area contributed by atoms with Gasteiger partial charge in [0.15, 0.2) is 5.82 Å². The van der Waals surface area contributed by atoms with Crippen LogP contribution in [0, 0.1) is 0 Å². The minimum atomic E-state index is 0.0522. The van der Waals surface area contributed by atoms with Crippen molar-refractivity contribution >= 4 is 29.1 Å². The van der Waals surface area contributed by atoms with Crippen molar-refractivity contribution in [2.24, 2.45) is 0 Å². The largest absolute Gasteiger partial charge is 0.338 e. The molecule has 5 nitrogen and oxygen atoms in total. The van der Waals surface area contributed by atoms with Crippen LogP contribution in [0.3, 0.4) is 0 Å². The number of fused-ring (bicyclic) bond motifs is 1. The highest BCUT2D eigenvalue weighted by atomic mass is 35.5. The average Bonchev–Trinajstić information content (AvgIpc) is 3.13. The van der Waals surface area contributed by atoms with Crippen LogP contribution in [0.5, 0.6) is 0 Å². The molecule has 0 saturated carbocycles. The monoisotopic (exact) mass is 352 g/mol. The smallest absolute Gasteiger partial charge is 0.223 e. The van der Waals surface area contributed by atoms with Gasteiger partial charge in [-0.2, -0.15) is 0 Å². The summed E-state index contributed by atoms with van der Waals surface area (Å²) in [6, 6.07) is 5.48. The molecule has 1 aliphatic heterocycles. The van der Waals surface area contributed by atoms with Crippen molar-refractivity contribution in [1.29, 1.82) is 0 Å². The third-order valence-electron chi connectivity index (χ3n) is 4.13. The molecule has 0 atom stereocenters. The zero-order valence-electron chi connectivity index (χ0n) is 12.9. The van der Waals surface area contributed by atoms with Crippen molar-refractivity contribution in [1.82, 2.24) is 19.7 Å². The van der Waals surface area contributed by atoms with E-state index in [-0.39, 0.29) is 5.91 Å². The first-order valence-corrected chi connectivity index (χ1v) is 8.39. The highest BCUT2D eigenvalue weighted by molar-refractivity contribution is 6.42. The molecule has 0 bridgehead atoms. The Bertz CT molecular complexity index is 729. The summed E-state index contributed by atoms with van der Waals surface area (Å²) in [5, 5.41) is 9.40. The zero-order chi connectivity index (χ0) is 16.4. The molecule has 2 aromatic rings. The van der Waals surface area contributed by atoms with E-state index in [0.29, 0.717) is 29.4 Å². The van der Waals surface area contributed by atoms with Crippen molar-refractivity contribution in [3.05, 3.63) is 45.5 Å². The summed E-state index contributed by atoms with van der Waals surface area (Å²) >= 11 is 12.2. The third kappa shape index (κ3) is 3.51. The number of amides is 1. The highest BCUT2D eigenvalue weighted by Crippen LogP contribution is 2.26. The van der Waals surface area contributed by atoms with Gasteiger partial charge in [-0.05, 0) is 24.5 Å². The van der Waals surface area contributed by atoms with Crippen molar-refractivity contribution in [3.63, 3.8) is 0 Å². The number of aromatic nitrogens is 3. The topological polar surface area (TPSA) is 51.0 Å². The van der Waals surface area contributed by atoms with E-state index in [1.165, 1.54) is 0 Å². The second kappa shape index (κ2) is 6.89. The van der Waals surface area contributed by atoms with Crippen molar-refractivity contribution < 1.29 is 4.79 Å². The molecule has 23 heavy (non-hydrogen) atoms. The van der Waals surface area contributed by atoms with Gasteiger partial charge in [-0.15, -0.1) is 10.2 Å². The molecule has 1 aromatic carbocycles. The molecule has 1 amide bonds. The molecule has 0 unspecified atom stereocenters. The predicted molar refractivity (Wildman–Crippen MR) is 89.6 cm³/mol. The van der Waals surface area contributed by atoms with Gasteiger partial charge in [0.1, 0.15) is 5.82 Å². The van der Waals surface area contributed by atoms with Gasteiger partial charge < -0.3 is 9.47 Å². The fourth-order valence-corrected chi connectivity index (χ4v) is 3.22. The van der Waals surface area contributed by atoms with Gasteiger partial charge >= 0.3 is 0 Å². The van der Waals surface area contributed by atoms with E-state index in [1.807, 2.05) is 12.1 Å². The lowest BCUT2D eigenvalue weighted by molar-refractivity contribution is -0.130. The number of hydrogen-bond acceptors (Lipinski definition) is 3. The number of carbonyl (C=O) groups excluding carboxylic acids is 1. The summed E-state index contributed by atoms with van der Waals surface area (Å²) in [7, 11) is 1.79. The Hall–Kier alpha value is -1.59. The molecule has 0 radical (unpaired) electrons. The number of carbonyl (C=O) groups is 1. The predicted octanol–water partition coefficient (Wildman–Crippen LogP) is 3.12. The first-order valence-electron chi connectivity index (χ1n) is 7.64. The van der Waals surface area contributed by atoms with Crippen molar-refractivity contribution in [2.75, 3.05) is 7.05 Å². The van der Waals surface area contributed by atoms with Crippen LogP contribution in [0.2, 0.25) is 10.0 Å². The van der Waals surface area contributed by atoms with Crippen molar-refractivity contribution in [3.8, 4) is 0 Å². The molecule has 0 fully saturated rings. The van der Waals surface area contributed by atoms with Crippen LogP contribution >= 0.6 is 23.2 Å². The molecule has 0 spiro atoms. The van der Waals surface area contributed by atoms with E-state index in [1.54, 1.807) is 18.0 Å². The van der Waals surface area contributed by atoms with Crippen molar-refractivity contribution in [2.45, 2.75) is 38.8 Å². The summed E-state index contributed by atoms with van der Waals surface area (Å²) in [5.41, 5.74) is 0.893. The molecule has 0 saturated heterocycles. The average molecular weight is 353 g/mol. The number of benzene rings is 1. The van der Waals surface area contributed by atoms with Crippen LogP contribution < -0.4 is 0 Å². The second-order valence-corrected chi connectivity index (χ2v) is 6.54.